The van der Waals surface area contributed by atoms with Crippen molar-refractivity contribution in [1.29, 1.82) is 0 Å². The van der Waals surface area contributed by atoms with Gasteiger partial charge in [0.1, 0.15) is 0 Å². The number of nitrogens with zero attached hydrogens (tertiary/aromatic N) is 3. The van der Waals surface area contributed by atoms with Gasteiger partial charge in [0.25, 0.3) is 0 Å². The van der Waals surface area contributed by atoms with E-state index in [1.807, 2.05) is 10.9 Å². The molecular formula is C11H16N4S. The van der Waals surface area contributed by atoms with Crippen LogP contribution in [0, 0.1) is 0 Å². The topological polar surface area (TPSA) is 56.7 Å². The summed E-state index contributed by atoms with van der Waals surface area (Å²) >= 11 is 1.52. The first-order valence-electron chi connectivity index (χ1n) is 5.48. The van der Waals surface area contributed by atoms with Crippen LogP contribution in [0.25, 0.3) is 0 Å². The Morgan fingerprint density at radius 2 is 2.19 bits per heavy atom. The summed E-state index contributed by atoms with van der Waals surface area (Å²) in [6.07, 6.45) is 3.80. The minimum atomic E-state index is 0.621. The Balaban J connectivity index is 2.22. The van der Waals surface area contributed by atoms with Gasteiger partial charge in [0.15, 0.2) is 5.13 Å². The lowest BCUT2D eigenvalue weighted by atomic mass is 10.2. The minimum absolute atomic E-state index is 0.621. The van der Waals surface area contributed by atoms with E-state index in [2.05, 4.69) is 30.0 Å². The van der Waals surface area contributed by atoms with Crippen LogP contribution < -0.4 is 5.73 Å². The van der Waals surface area contributed by atoms with E-state index in [0.717, 1.165) is 30.0 Å². The van der Waals surface area contributed by atoms with Crippen molar-refractivity contribution in [1.82, 2.24) is 14.8 Å². The van der Waals surface area contributed by atoms with Crippen LogP contribution in [-0.4, -0.2) is 14.8 Å². The molecule has 5 heteroatoms. The smallest absolute Gasteiger partial charge is 0.180 e. The number of hydrogen-bond donors (Lipinski definition) is 1. The summed E-state index contributed by atoms with van der Waals surface area (Å²) in [4.78, 5) is 5.20. The van der Waals surface area contributed by atoms with Crippen LogP contribution in [0.3, 0.4) is 0 Å². The van der Waals surface area contributed by atoms with Gasteiger partial charge in [0.2, 0.25) is 0 Å². The fourth-order valence-corrected chi connectivity index (χ4v) is 2.32. The van der Waals surface area contributed by atoms with Crippen molar-refractivity contribution < 1.29 is 0 Å². The largest absolute Gasteiger partial charge is 0.375 e. The molecular weight excluding hydrogens is 220 g/mol. The number of rotatable bonds is 4. The summed E-state index contributed by atoms with van der Waals surface area (Å²) in [7, 11) is 0. The van der Waals surface area contributed by atoms with Crippen molar-refractivity contribution >= 4 is 16.5 Å². The van der Waals surface area contributed by atoms with Crippen molar-refractivity contribution in [3.05, 3.63) is 28.5 Å². The number of hydrogen-bond acceptors (Lipinski definition) is 4. The highest BCUT2D eigenvalue weighted by Crippen LogP contribution is 2.17. The zero-order valence-electron chi connectivity index (χ0n) is 9.60. The first kappa shape index (κ1) is 11.1. The van der Waals surface area contributed by atoms with Gasteiger partial charge in [-0.1, -0.05) is 13.8 Å². The summed E-state index contributed by atoms with van der Waals surface area (Å²) in [5.74, 6) is 0. The Morgan fingerprint density at radius 3 is 2.75 bits per heavy atom. The van der Waals surface area contributed by atoms with Crippen LogP contribution in [-0.2, 0) is 19.4 Å². The summed E-state index contributed by atoms with van der Waals surface area (Å²) in [5.41, 5.74) is 8.03. The molecule has 4 nitrogen and oxygen atoms in total. The van der Waals surface area contributed by atoms with Crippen LogP contribution in [0.1, 0.15) is 30.1 Å². The molecule has 0 saturated heterocycles. The Morgan fingerprint density at radius 1 is 1.38 bits per heavy atom. The molecule has 2 aromatic heterocycles. The number of aryl methyl sites for hydroxylation is 2. The third-order valence-corrected chi connectivity index (χ3v) is 3.33. The number of aromatic nitrogens is 3. The SMILES string of the molecule is CCc1cc(CC)n(Cc2cnc(N)s2)n1. The Labute approximate surface area is 99.1 Å². The molecule has 2 heterocycles. The van der Waals surface area contributed by atoms with E-state index in [9.17, 15) is 0 Å². The third-order valence-electron chi connectivity index (χ3n) is 2.52. The maximum absolute atomic E-state index is 5.61. The van der Waals surface area contributed by atoms with Crippen molar-refractivity contribution in [3.8, 4) is 0 Å². The van der Waals surface area contributed by atoms with Crippen molar-refractivity contribution in [2.45, 2.75) is 33.2 Å². The third kappa shape index (κ3) is 2.24. The summed E-state index contributed by atoms with van der Waals surface area (Å²) in [6.45, 7) is 5.04. The number of thiazole rings is 1. The molecule has 0 spiro atoms. The fraction of sp³-hybridized carbons (Fsp3) is 0.455. The second-order valence-electron chi connectivity index (χ2n) is 3.66. The first-order chi connectivity index (χ1) is 7.72. The molecule has 0 fully saturated rings. The number of nitrogen functional groups attached to an aromatic ring is 1. The van der Waals surface area contributed by atoms with Crippen LogP contribution in [0.15, 0.2) is 12.3 Å². The highest BCUT2D eigenvalue weighted by atomic mass is 32.1. The van der Waals surface area contributed by atoms with Gasteiger partial charge in [-0.05, 0) is 18.9 Å². The molecule has 16 heavy (non-hydrogen) atoms. The maximum atomic E-state index is 5.61. The van der Waals surface area contributed by atoms with Gasteiger partial charge in [-0.2, -0.15) is 5.10 Å². The molecule has 0 bridgehead atoms. The molecule has 0 aliphatic heterocycles. The maximum Gasteiger partial charge on any atom is 0.180 e. The molecule has 2 rings (SSSR count). The van der Waals surface area contributed by atoms with Crippen molar-refractivity contribution in [2.75, 3.05) is 5.73 Å². The summed E-state index contributed by atoms with van der Waals surface area (Å²) in [5, 5.41) is 5.18. The monoisotopic (exact) mass is 236 g/mol. The zero-order chi connectivity index (χ0) is 11.5. The number of nitrogens with two attached hydrogens (primary N) is 1. The van der Waals surface area contributed by atoms with Crippen LogP contribution in [0.4, 0.5) is 5.13 Å². The molecule has 0 saturated carbocycles. The molecule has 86 valence electrons. The second-order valence-corrected chi connectivity index (χ2v) is 4.80. The van der Waals surface area contributed by atoms with Crippen molar-refractivity contribution in [3.63, 3.8) is 0 Å². The van der Waals surface area contributed by atoms with Gasteiger partial charge in [0.05, 0.1) is 12.2 Å². The zero-order valence-corrected chi connectivity index (χ0v) is 10.4. The van der Waals surface area contributed by atoms with Gasteiger partial charge in [-0.3, -0.25) is 4.68 Å². The average Bonchev–Trinajstić information content (AvgIpc) is 2.85. The molecule has 0 aliphatic carbocycles. The van der Waals surface area contributed by atoms with Crippen molar-refractivity contribution in [2.24, 2.45) is 0 Å². The van der Waals surface area contributed by atoms with Gasteiger partial charge < -0.3 is 5.73 Å². The van der Waals surface area contributed by atoms with E-state index in [1.54, 1.807) is 0 Å². The van der Waals surface area contributed by atoms with Gasteiger partial charge in [-0.15, -0.1) is 11.3 Å². The van der Waals surface area contributed by atoms with Crippen LogP contribution in [0.2, 0.25) is 0 Å². The number of anilines is 1. The molecule has 0 aliphatic rings. The van der Waals surface area contributed by atoms with E-state index in [0.29, 0.717) is 5.13 Å². The van der Waals surface area contributed by atoms with Crippen LogP contribution in [0.5, 0.6) is 0 Å². The first-order valence-corrected chi connectivity index (χ1v) is 6.30. The average molecular weight is 236 g/mol. The van der Waals surface area contributed by atoms with Gasteiger partial charge in [-0.25, -0.2) is 4.98 Å². The van der Waals surface area contributed by atoms with Gasteiger partial charge in [0, 0.05) is 16.8 Å². The molecule has 0 atom stereocenters. The highest BCUT2D eigenvalue weighted by Gasteiger charge is 2.07. The summed E-state index contributed by atoms with van der Waals surface area (Å²) in [6, 6.07) is 2.17. The lowest BCUT2D eigenvalue weighted by molar-refractivity contribution is 0.646. The molecule has 2 aromatic rings. The lowest BCUT2D eigenvalue weighted by Crippen LogP contribution is -2.04. The molecule has 0 unspecified atom stereocenters. The van der Waals surface area contributed by atoms with E-state index in [4.69, 9.17) is 5.73 Å². The molecule has 0 radical (unpaired) electrons. The van der Waals surface area contributed by atoms with Gasteiger partial charge >= 0.3 is 0 Å². The Bertz CT molecular complexity index is 472. The predicted molar refractivity (Wildman–Crippen MR) is 66.6 cm³/mol. The predicted octanol–water partition coefficient (Wildman–Crippen LogP) is 2.09. The van der Waals surface area contributed by atoms with E-state index in [1.165, 1.54) is 17.0 Å². The Kier molecular flexibility index (Phi) is 3.24. The Hall–Kier alpha value is -1.36. The summed E-state index contributed by atoms with van der Waals surface area (Å²) < 4.78 is 2.05. The fourth-order valence-electron chi connectivity index (χ4n) is 1.65. The molecule has 0 amide bonds. The van der Waals surface area contributed by atoms with E-state index >= 15 is 0 Å². The second kappa shape index (κ2) is 4.65. The van der Waals surface area contributed by atoms with E-state index < -0.39 is 0 Å². The minimum Gasteiger partial charge on any atom is -0.375 e. The highest BCUT2D eigenvalue weighted by molar-refractivity contribution is 7.15. The standard InChI is InChI=1S/C11H16N4S/c1-3-8-5-9(4-2)15(14-8)7-10-6-13-11(12)16-10/h5-6H,3-4,7H2,1-2H3,(H2,12,13). The normalized spacial score (nSPS) is 10.9. The molecule has 0 aromatic carbocycles. The van der Waals surface area contributed by atoms with Crippen LogP contribution >= 0.6 is 11.3 Å². The van der Waals surface area contributed by atoms with E-state index in [-0.39, 0.29) is 0 Å². The molecule has 2 N–H and O–H groups in total. The quantitative estimate of drug-likeness (QED) is 0.884. The lowest BCUT2D eigenvalue weighted by Gasteiger charge is -2.02.